The van der Waals surface area contributed by atoms with E-state index in [1.165, 1.54) is 7.11 Å². The number of benzene rings is 2. The first-order valence-electron chi connectivity index (χ1n) is 10.8. The smallest absolute Gasteiger partial charge is 0.410 e. The maximum absolute atomic E-state index is 13.1. The van der Waals surface area contributed by atoms with Gasteiger partial charge in [0, 0.05) is 25.4 Å². The SMILES string of the molecule is COC(=O)c1ccc(C2C=C(c3cn(C)nc3C)CCN2C(=O)OCc2ccccc2)cc1. The minimum absolute atomic E-state index is 0.211. The van der Waals surface area contributed by atoms with Crippen molar-refractivity contribution in [1.29, 1.82) is 0 Å². The zero-order chi connectivity index (χ0) is 23.4. The third-order valence-electron chi connectivity index (χ3n) is 5.79. The second-order valence-corrected chi connectivity index (χ2v) is 8.04. The van der Waals surface area contributed by atoms with Gasteiger partial charge in [0.15, 0.2) is 0 Å². The van der Waals surface area contributed by atoms with E-state index in [2.05, 4.69) is 11.2 Å². The van der Waals surface area contributed by atoms with Gasteiger partial charge in [0.05, 0.1) is 24.4 Å². The Morgan fingerprint density at radius 2 is 1.82 bits per heavy atom. The average molecular weight is 446 g/mol. The Hall–Kier alpha value is -3.87. The molecule has 0 aliphatic carbocycles. The molecule has 1 aromatic heterocycles. The van der Waals surface area contributed by atoms with Crippen LogP contribution in [-0.4, -0.2) is 40.4 Å². The zero-order valence-electron chi connectivity index (χ0n) is 19.0. The lowest BCUT2D eigenvalue weighted by atomic mass is 9.92. The first kappa shape index (κ1) is 22.3. The molecule has 0 N–H and O–H groups in total. The molecular formula is C26H27N3O4. The van der Waals surface area contributed by atoms with E-state index in [0.717, 1.165) is 28.0 Å². The predicted octanol–water partition coefficient (Wildman–Crippen LogP) is 4.68. The molecule has 1 aliphatic heterocycles. The van der Waals surface area contributed by atoms with E-state index >= 15 is 0 Å². The van der Waals surface area contributed by atoms with Crippen molar-refractivity contribution in [3.63, 3.8) is 0 Å². The van der Waals surface area contributed by atoms with Crippen LogP contribution in [0.5, 0.6) is 0 Å². The first-order valence-corrected chi connectivity index (χ1v) is 10.8. The second-order valence-electron chi connectivity index (χ2n) is 8.04. The van der Waals surface area contributed by atoms with E-state index < -0.39 is 5.97 Å². The highest BCUT2D eigenvalue weighted by molar-refractivity contribution is 5.89. The first-order chi connectivity index (χ1) is 16.0. The Morgan fingerprint density at radius 1 is 1.09 bits per heavy atom. The molecule has 2 heterocycles. The maximum Gasteiger partial charge on any atom is 0.410 e. The Bertz CT molecular complexity index is 1170. The topological polar surface area (TPSA) is 73.7 Å². The minimum atomic E-state index is -0.397. The fourth-order valence-electron chi connectivity index (χ4n) is 4.10. The summed E-state index contributed by atoms with van der Waals surface area (Å²) >= 11 is 0. The number of nitrogens with zero attached hydrogens (tertiary/aromatic N) is 3. The number of amides is 1. The molecule has 33 heavy (non-hydrogen) atoms. The number of ether oxygens (including phenoxy) is 2. The molecule has 2 aromatic carbocycles. The van der Waals surface area contributed by atoms with Crippen molar-refractivity contribution in [3.05, 3.63) is 94.8 Å². The van der Waals surface area contributed by atoms with Crippen molar-refractivity contribution in [2.24, 2.45) is 7.05 Å². The number of aromatic nitrogens is 2. The van der Waals surface area contributed by atoms with Crippen LogP contribution in [0.25, 0.3) is 5.57 Å². The van der Waals surface area contributed by atoms with Crippen LogP contribution in [0.15, 0.2) is 66.9 Å². The van der Waals surface area contributed by atoms with Crippen LogP contribution < -0.4 is 0 Å². The molecule has 1 atom stereocenters. The summed E-state index contributed by atoms with van der Waals surface area (Å²) in [6.07, 6.45) is 4.41. The molecule has 0 spiro atoms. The van der Waals surface area contributed by atoms with Crippen LogP contribution in [0.2, 0.25) is 0 Å². The van der Waals surface area contributed by atoms with E-state index in [-0.39, 0.29) is 18.7 Å². The Kier molecular flexibility index (Phi) is 6.58. The van der Waals surface area contributed by atoms with Gasteiger partial charge in [-0.1, -0.05) is 48.5 Å². The van der Waals surface area contributed by atoms with E-state index in [0.29, 0.717) is 18.5 Å². The molecule has 170 valence electrons. The number of hydrogen-bond donors (Lipinski definition) is 0. The van der Waals surface area contributed by atoms with Crippen molar-refractivity contribution in [1.82, 2.24) is 14.7 Å². The fraction of sp³-hybridized carbons (Fsp3) is 0.269. The summed E-state index contributed by atoms with van der Waals surface area (Å²) in [4.78, 5) is 26.6. The molecule has 0 fully saturated rings. The van der Waals surface area contributed by atoms with Gasteiger partial charge in [0.1, 0.15) is 6.61 Å². The van der Waals surface area contributed by atoms with Crippen molar-refractivity contribution in [2.45, 2.75) is 26.0 Å². The fourth-order valence-corrected chi connectivity index (χ4v) is 4.10. The van der Waals surface area contributed by atoms with Crippen LogP contribution >= 0.6 is 0 Å². The third kappa shape index (κ3) is 4.98. The quantitative estimate of drug-likeness (QED) is 0.533. The summed E-state index contributed by atoms with van der Waals surface area (Å²) in [6.45, 7) is 2.70. The Morgan fingerprint density at radius 3 is 2.45 bits per heavy atom. The Labute approximate surface area is 193 Å². The molecule has 7 heteroatoms. The lowest BCUT2D eigenvalue weighted by Crippen LogP contribution is -2.37. The summed E-state index contributed by atoms with van der Waals surface area (Å²) in [5.74, 6) is -0.397. The lowest BCUT2D eigenvalue weighted by molar-refractivity contribution is 0.0600. The molecule has 7 nitrogen and oxygen atoms in total. The van der Waals surface area contributed by atoms with Crippen LogP contribution in [0.1, 0.15) is 45.2 Å². The van der Waals surface area contributed by atoms with E-state index in [9.17, 15) is 9.59 Å². The maximum atomic E-state index is 13.1. The normalized spacial score (nSPS) is 15.7. The highest BCUT2D eigenvalue weighted by Gasteiger charge is 2.30. The van der Waals surface area contributed by atoms with Crippen molar-refractivity contribution >= 4 is 17.6 Å². The van der Waals surface area contributed by atoms with Crippen LogP contribution in [0.4, 0.5) is 4.79 Å². The number of rotatable bonds is 5. The van der Waals surface area contributed by atoms with Gasteiger partial charge in [-0.05, 0) is 42.2 Å². The van der Waals surface area contributed by atoms with Gasteiger partial charge in [-0.15, -0.1) is 0 Å². The summed E-state index contributed by atoms with van der Waals surface area (Å²) in [5.41, 5.74) is 5.44. The lowest BCUT2D eigenvalue weighted by Gasteiger charge is -2.34. The number of esters is 1. The van der Waals surface area contributed by atoms with E-state index in [4.69, 9.17) is 9.47 Å². The van der Waals surface area contributed by atoms with Gasteiger partial charge in [-0.2, -0.15) is 5.10 Å². The van der Waals surface area contributed by atoms with Gasteiger partial charge in [-0.25, -0.2) is 9.59 Å². The molecule has 0 radical (unpaired) electrons. The second kappa shape index (κ2) is 9.73. The van der Waals surface area contributed by atoms with Crippen molar-refractivity contribution in [2.75, 3.05) is 13.7 Å². The number of hydrogen-bond acceptors (Lipinski definition) is 5. The van der Waals surface area contributed by atoms with Gasteiger partial charge in [-0.3, -0.25) is 9.58 Å². The zero-order valence-corrected chi connectivity index (χ0v) is 19.0. The summed E-state index contributed by atoms with van der Waals surface area (Å²) in [6, 6.07) is 16.4. The van der Waals surface area contributed by atoms with Gasteiger partial charge >= 0.3 is 12.1 Å². The summed E-state index contributed by atoms with van der Waals surface area (Å²) in [7, 11) is 3.25. The molecule has 1 amide bonds. The van der Waals surface area contributed by atoms with Gasteiger partial charge < -0.3 is 9.47 Å². The largest absolute Gasteiger partial charge is 0.465 e. The predicted molar refractivity (Wildman–Crippen MR) is 124 cm³/mol. The highest BCUT2D eigenvalue weighted by atomic mass is 16.6. The molecule has 3 aromatic rings. The van der Waals surface area contributed by atoms with Crippen molar-refractivity contribution < 1.29 is 19.1 Å². The number of aryl methyl sites for hydroxylation is 2. The minimum Gasteiger partial charge on any atom is -0.465 e. The summed E-state index contributed by atoms with van der Waals surface area (Å²) in [5, 5.41) is 4.46. The van der Waals surface area contributed by atoms with Crippen LogP contribution in [-0.2, 0) is 23.1 Å². The molecule has 0 saturated heterocycles. The van der Waals surface area contributed by atoms with Crippen LogP contribution in [0, 0.1) is 6.92 Å². The highest BCUT2D eigenvalue weighted by Crippen LogP contribution is 2.35. The standard InChI is InChI=1S/C26H27N3O4/c1-18-23(16-28(2)27-18)22-13-14-29(26(31)33-17-19-7-5-4-6-8-19)24(15-22)20-9-11-21(12-10-20)25(30)32-3/h4-12,15-16,24H,13-14,17H2,1-3H3. The Balaban J connectivity index is 1.63. The van der Waals surface area contributed by atoms with Gasteiger partial charge in [0.25, 0.3) is 0 Å². The molecule has 1 unspecified atom stereocenters. The summed E-state index contributed by atoms with van der Waals surface area (Å²) < 4.78 is 12.2. The molecule has 1 aliphatic rings. The van der Waals surface area contributed by atoms with Crippen LogP contribution in [0.3, 0.4) is 0 Å². The molecule has 4 rings (SSSR count). The van der Waals surface area contributed by atoms with Crippen molar-refractivity contribution in [3.8, 4) is 0 Å². The molecular weight excluding hydrogens is 418 g/mol. The third-order valence-corrected chi connectivity index (χ3v) is 5.79. The van der Waals surface area contributed by atoms with Gasteiger partial charge in [0.2, 0.25) is 0 Å². The van der Waals surface area contributed by atoms with E-state index in [1.54, 1.807) is 21.7 Å². The molecule has 0 bridgehead atoms. The number of carbonyl (C=O) groups is 2. The molecule has 0 saturated carbocycles. The van der Waals surface area contributed by atoms with E-state index in [1.807, 2.05) is 62.6 Å². The number of methoxy groups -OCH3 is 1. The number of carbonyl (C=O) groups excluding carboxylic acids is 2. The average Bonchev–Trinajstić information content (AvgIpc) is 3.20. The monoisotopic (exact) mass is 445 g/mol.